The van der Waals surface area contributed by atoms with Gasteiger partial charge in [-0.1, -0.05) is 13.8 Å². The molecule has 0 atom stereocenters. The molecular weight excluding hydrogens is 230 g/mol. The van der Waals surface area contributed by atoms with Gasteiger partial charge >= 0.3 is 5.97 Å². The number of likely N-dealkylation sites (N-methyl/N-ethyl adjacent to an activating group) is 1. The molecule has 5 heteroatoms. The van der Waals surface area contributed by atoms with Gasteiger partial charge in [0.05, 0.1) is 12.7 Å². The van der Waals surface area contributed by atoms with Gasteiger partial charge in [-0.05, 0) is 25.2 Å². The molecule has 0 aliphatic heterocycles. The van der Waals surface area contributed by atoms with Crippen LogP contribution in [0.4, 0.5) is 5.82 Å². The van der Waals surface area contributed by atoms with Crippen LogP contribution >= 0.6 is 0 Å². The quantitative estimate of drug-likeness (QED) is 0.746. The first-order chi connectivity index (χ1) is 8.71. The van der Waals surface area contributed by atoms with Crippen LogP contribution in [0.2, 0.25) is 0 Å². The third-order valence-corrected chi connectivity index (χ3v) is 2.81. The van der Waals surface area contributed by atoms with Crippen LogP contribution in [0.1, 0.15) is 24.2 Å². The maximum absolute atomic E-state index is 11.4. The number of pyridine rings is 1. The van der Waals surface area contributed by atoms with Crippen molar-refractivity contribution in [2.45, 2.75) is 13.8 Å². The molecule has 1 heterocycles. The average Bonchev–Trinajstić information content (AvgIpc) is 2.43. The number of aromatic nitrogens is 1. The van der Waals surface area contributed by atoms with E-state index in [2.05, 4.69) is 33.8 Å². The lowest BCUT2D eigenvalue weighted by Gasteiger charge is -2.18. The highest BCUT2D eigenvalue weighted by molar-refractivity contribution is 5.89. The Morgan fingerprint density at radius 1 is 1.44 bits per heavy atom. The minimum absolute atomic E-state index is 0.343. The molecule has 0 unspecified atom stereocenters. The molecule has 0 saturated carbocycles. The molecule has 0 bridgehead atoms. The maximum atomic E-state index is 11.4. The van der Waals surface area contributed by atoms with Crippen molar-refractivity contribution in [2.24, 2.45) is 0 Å². The minimum atomic E-state index is -0.343. The van der Waals surface area contributed by atoms with Crippen LogP contribution in [-0.2, 0) is 4.74 Å². The number of ether oxygens (including phenoxy) is 1. The Morgan fingerprint density at radius 3 is 2.78 bits per heavy atom. The number of nitrogens with zero attached hydrogens (tertiary/aromatic N) is 2. The molecule has 100 valence electrons. The summed E-state index contributed by atoms with van der Waals surface area (Å²) in [5.41, 5.74) is 0.512. The minimum Gasteiger partial charge on any atom is -0.465 e. The molecular formula is C13H21N3O2. The zero-order valence-electron chi connectivity index (χ0n) is 11.3. The van der Waals surface area contributed by atoms with E-state index in [0.29, 0.717) is 11.4 Å². The van der Waals surface area contributed by atoms with Gasteiger partial charge in [0.25, 0.3) is 0 Å². The molecule has 1 aromatic heterocycles. The van der Waals surface area contributed by atoms with E-state index in [1.807, 2.05) is 0 Å². The summed E-state index contributed by atoms with van der Waals surface area (Å²) in [6.45, 7) is 8.11. The monoisotopic (exact) mass is 251 g/mol. The van der Waals surface area contributed by atoms with Crippen molar-refractivity contribution in [3.8, 4) is 0 Å². The van der Waals surface area contributed by atoms with Gasteiger partial charge in [0.15, 0.2) is 0 Å². The Kier molecular flexibility index (Phi) is 6.14. The predicted molar refractivity (Wildman–Crippen MR) is 71.9 cm³/mol. The highest BCUT2D eigenvalue weighted by Crippen LogP contribution is 2.07. The summed E-state index contributed by atoms with van der Waals surface area (Å²) in [6, 6.07) is 3.34. The summed E-state index contributed by atoms with van der Waals surface area (Å²) in [5, 5.41) is 3.20. The molecule has 0 aromatic carbocycles. The molecule has 1 rings (SSSR count). The van der Waals surface area contributed by atoms with Crippen LogP contribution in [0.25, 0.3) is 0 Å². The van der Waals surface area contributed by atoms with E-state index < -0.39 is 0 Å². The van der Waals surface area contributed by atoms with Gasteiger partial charge < -0.3 is 15.0 Å². The largest absolute Gasteiger partial charge is 0.465 e. The fraction of sp³-hybridized carbons (Fsp3) is 0.538. The summed E-state index contributed by atoms with van der Waals surface area (Å²) < 4.78 is 4.67. The number of rotatable bonds is 7. The van der Waals surface area contributed by atoms with Gasteiger partial charge in [0.2, 0.25) is 0 Å². The first kappa shape index (κ1) is 14.4. The normalized spacial score (nSPS) is 10.4. The van der Waals surface area contributed by atoms with E-state index in [4.69, 9.17) is 0 Å². The maximum Gasteiger partial charge on any atom is 0.338 e. The van der Waals surface area contributed by atoms with E-state index in [9.17, 15) is 4.79 Å². The molecule has 0 aliphatic carbocycles. The summed E-state index contributed by atoms with van der Waals surface area (Å²) in [4.78, 5) is 17.8. The first-order valence-corrected chi connectivity index (χ1v) is 6.21. The van der Waals surface area contributed by atoms with Gasteiger partial charge in [-0.15, -0.1) is 0 Å². The van der Waals surface area contributed by atoms with Crippen LogP contribution in [0.3, 0.4) is 0 Å². The fourth-order valence-corrected chi connectivity index (χ4v) is 1.65. The van der Waals surface area contributed by atoms with Crippen molar-refractivity contribution < 1.29 is 9.53 Å². The molecule has 0 amide bonds. The third kappa shape index (κ3) is 4.33. The van der Waals surface area contributed by atoms with Crippen molar-refractivity contribution in [1.29, 1.82) is 0 Å². The number of esters is 1. The molecule has 1 aromatic rings. The van der Waals surface area contributed by atoms with Gasteiger partial charge in [-0.3, -0.25) is 0 Å². The number of nitrogens with one attached hydrogen (secondary N) is 1. The van der Waals surface area contributed by atoms with Gasteiger partial charge in [0.1, 0.15) is 5.82 Å². The van der Waals surface area contributed by atoms with Crippen molar-refractivity contribution in [1.82, 2.24) is 9.88 Å². The first-order valence-electron chi connectivity index (χ1n) is 6.21. The van der Waals surface area contributed by atoms with E-state index in [1.54, 1.807) is 18.3 Å². The Bertz CT molecular complexity index is 378. The molecule has 0 aliphatic rings. The molecule has 0 radical (unpaired) electrons. The fourth-order valence-electron chi connectivity index (χ4n) is 1.65. The molecule has 0 spiro atoms. The van der Waals surface area contributed by atoms with Crippen molar-refractivity contribution >= 4 is 11.8 Å². The number of methoxy groups -OCH3 is 1. The summed E-state index contributed by atoms with van der Waals surface area (Å²) in [7, 11) is 1.37. The summed E-state index contributed by atoms with van der Waals surface area (Å²) in [5.74, 6) is 0.356. The second-order valence-corrected chi connectivity index (χ2v) is 3.87. The van der Waals surface area contributed by atoms with E-state index in [-0.39, 0.29) is 5.97 Å². The standard InChI is InChI=1S/C13H21N3O2/c1-4-16(5-2)9-8-15-12-10-11(6-7-14-12)13(17)18-3/h6-7,10H,4-5,8-9H2,1-3H3,(H,14,15). The Balaban J connectivity index is 2.50. The van der Waals surface area contributed by atoms with Gasteiger partial charge in [0, 0.05) is 19.3 Å². The molecule has 1 N–H and O–H groups in total. The number of carbonyl (C=O) groups excluding carboxylic acids is 1. The number of anilines is 1. The molecule has 5 nitrogen and oxygen atoms in total. The predicted octanol–water partition coefficient (Wildman–Crippen LogP) is 1.62. The SMILES string of the molecule is CCN(CC)CCNc1cc(C(=O)OC)ccn1. The second kappa shape index (κ2) is 7.66. The average molecular weight is 251 g/mol. The van der Waals surface area contributed by atoms with Gasteiger partial charge in [-0.2, -0.15) is 0 Å². The lowest BCUT2D eigenvalue weighted by Crippen LogP contribution is -2.28. The zero-order chi connectivity index (χ0) is 13.4. The lowest BCUT2D eigenvalue weighted by atomic mass is 10.2. The number of carbonyl (C=O) groups is 1. The van der Waals surface area contributed by atoms with Crippen molar-refractivity contribution in [3.63, 3.8) is 0 Å². The van der Waals surface area contributed by atoms with Crippen LogP contribution in [0.15, 0.2) is 18.3 Å². The van der Waals surface area contributed by atoms with E-state index >= 15 is 0 Å². The zero-order valence-corrected chi connectivity index (χ0v) is 11.3. The number of hydrogen-bond acceptors (Lipinski definition) is 5. The second-order valence-electron chi connectivity index (χ2n) is 3.87. The summed E-state index contributed by atoms with van der Waals surface area (Å²) in [6.07, 6.45) is 1.60. The van der Waals surface area contributed by atoms with Crippen LogP contribution in [0.5, 0.6) is 0 Å². The van der Waals surface area contributed by atoms with E-state index in [0.717, 1.165) is 26.2 Å². The topological polar surface area (TPSA) is 54.5 Å². The van der Waals surface area contributed by atoms with Gasteiger partial charge in [-0.25, -0.2) is 9.78 Å². The lowest BCUT2D eigenvalue weighted by molar-refractivity contribution is 0.0600. The van der Waals surface area contributed by atoms with Crippen LogP contribution < -0.4 is 5.32 Å². The van der Waals surface area contributed by atoms with Crippen molar-refractivity contribution in [2.75, 3.05) is 38.6 Å². The van der Waals surface area contributed by atoms with E-state index in [1.165, 1.54) is 7.11 Å². The highest BCUT2D eigenvalue weighted by Gasteiger charge is 2.06. The number of hydrogen-bond donors (Lipinski definition) is 1. The molecule has 0 fully saturated rings. The Morgan fingerprint density at radius 2 is 2.17 bits per heavy atom. The third-order valence-electron chi connectivity index (χ3n) is 2.81. The van der Waals surface area contributed by atoms with Crippen LogP contribution in [-0.4, -0.2) is 49.1 Å². The Hall–Kier alpha value is -1.62. The van der Waals surface area contributed by atoms with Crippen molar-refractivity contribution in [3.05, 3.63) is 23.9 Å². The smallest absolute Gasteiger partial charge is 0.338 e. The van der Waals surface area contributed by atoms with Crippen LogP contribution in [0, 0.1) is 0 Å². The molecule has 18 heavy (non-hydrogen) atoms. The Labute approximate surface area is 108 Å². The highest BCUT2D eigenvalue weighted by atomic mass is 16.5. The summed E-state index contributed by atoms with van der Waals surface area (Å²) >= 11 is 0. The molecule has 0 saturated heterocycles.